The van der Waals surface area contributed by atoms with E-state index >= 15 is 0 Å². The van der Waals surface area contributed by atoms with Gasteiger partial charge in [0.05, 0.1) is 6.54 Å². The minimum absolute atomic E-state index is 0.0546. The molecule has 3 N–H and O–H groups in total. The molecule has 0 bridgehead atoms. The Morgan fingerprint density at radius 1 is 1.06 bits per heavy atom. The first-order valence-corrected chi connectivity index (χ1v) is 11.4. The van der Waals surface area contributed by atoms with Crippen molar-refractivity contribution < 1.29 is 28.8 Å². The van der Waals surface area contributed by atoms with E-state index in [1.165, 1.54) is 0 Å². The fourth-order valence-electron chi connectivity index (χ4n) is 4.31. The van der Waals surface area contributed by atoms with Crippen LogP contribution in [0.1, 0.15) is 53.4 Å². The molecule has 3 aromatic rings. The van der Waals surface area contributed by atoms with Gasteiger partial charge >= 0.3 is 12.1 Å². The highest BCUT2D eigenvalue weighted by atomic mass is 16.5. The molecule has 2 aromatic carbocycles. The van der Waals surface area contributed by atoms with Crippen molar-refractivity contribution in [1.82, 2.24) is 15.8 Å². The van der Waals surface area contributed by atoms with Crippen LogP contribution in [0, 0.1) is 5.92 Å². The Labute approximate surface area is 202 Å². The van der Waals surface area contributed by atoms with Crippen molar-refractivity contribution in [3.63, 3.8) is 0 Å². The summed E-state index contributed by atoms with van der Waals surface area (Å²) in [4.78, 5) is 36.4. The number of nitrogens with one attached hydrogen (secondary N) is 2. The van der Waals surface area contributed by atoms with Crippen LogP contribution >= 0.6 is 0 Å². The average Bonchev–Trinajstić information content (AvgIpc) is 3.43. The van der Waals surface area contributed by atoms with Crippen LogP contribution in [-0.2, 0) is 16.1 Å². The number of nitrogens with zero attached hydrogens (tertiary/aromatic N) is 1. The number of alkyl carbamates (subject to hydrolysis) is 1. The van der Waals surface area contributed by atoms with Gasteiger partial charge in [0.15, 0.2) is 0 Å². The van der Waals surface area contributed by atoms with Crippen LogP contribution in [0.4, 0.5) is 4.79 Å². The monoisotopic (exact) mass is 477 g/mol. The third kappa shape index (κ3) is 5.34. The molecule has 9 heteroatoms. The lowest BCUT2D eigenvalue weighted by molar-refractivity contribution is -0.139. The number of aromatic nitrogens is 1. The number of carboxylic acid groups (broad SMARTS) is 1. The number of benzene rings is 2. The minimum Gasteiger partial charge on any atom is -0.480 e. The van der Waals surface area contributed by atoms with E-state index in [9.17, 15) is 19.5 Å². The van der Waals surface area contributed by atoms with Gasteiger partial charge in [-0.25, -0.2) is 9.59 Å². The van der Waals surface area contributed by atoms with Crippen LogP contribution in [0.3, 0.4) is 0 Å². The van der Waals surface area contributed by atoms with E-state index in [0.717, 1.165) is 28.5 Å². The lowest BCUT2D eigenvalue weighted by atomic mass is 9.98. The Hall–Kier alpha value is -4.14. The largest absolute Gasteiger partial charge is 0.480 e. The highest BCUT2D eigenvalue weighted by Crippen LogP contribution is 2.44. The van der Waals surface area contributed by atoms with E-state index in [1.54, 1.807) is 0 Å². The maximum Gasteiger partial charge on any atom is 0.407 e. The lowest BCUT2D eigenvalue weighted by Crippen LogP contribution is -2.42. The molecule has 0 aliphatic heterocycles. The molecule has 1 unspecified atom stereocenters. The van der Waals surface area contributed by atoms with Gasteiger partial charge in [-0.3, -0.25) is 4.79 Å². The van der Waals surface area contributed by atoms with Gasteiger partial charge in [-0.15, -0.1) is 0 Å². The van der Waals surface area contributed by atoms with E-state index in [-0.39, 0.29) is 42.7 Å². The molecule has 0 saturated heterocycles. The molecular formula is C26H27N3O6. The topological polar surface area (TPSA) is 131 Å². The summed E-state index contributed by atoms with van der Waals surface area (Å²) in [7, 11) is 0. The van der Waals surface area contributed by atoms with E-state index < -0.39 is 24.0 Å². The van der Waals surface area contributed by atoms with Gasteiger partial charge in [0.2, 0.25) is 0 Å². The van der Waals surface area contributed by atoms with E-state index in [2.05, 4.69) is 27.9 Å². The Morgan fingerprint density at radius 3 is 2.29 bits per heavy atom. The molecule has 1 aliphatic carbocycles. The first-order valence-electron chi connectivity index (χ1n) is 11.4. The zero-order valence-corrected chi connectivity index (χ0v) is 19.5. The van der Waals surface area contributed by atoms with E-state index in [0.29, 0.717) is 0 Å². The van der Waals surface area contributed by atoms with Gasteiger partial charge in [0.25, 0.3) is 5.91 Å². The quantitative estimate of drug-likeness (QED) is 0.425. The highest BCUT2D eigenvalue weighted by molar-refractivity contribution is 5.97. The van der Waals surface area contributed by atoms with Gasteiger partial charge in [0.1, 0.15) is 30.2 Å². The van der Waals surface area contributed by atoms with Gasteiger partial charge < -0.3 is 25.0 Å². The summed E-state index contributed by atoms with van der Waals surface area (Å²) in [5, 5.41) is 18.2. The molecule has 0 spiro atoms. The zero-order chi connectivity index (χ0) is 24.9. The predicted octanol–water partition coefficient (Wildman–Crippen LogP) is 3.94. The van der Waals surface area contributed by atoms with Crippen molar-refractivity contribution in [2.75, 3.05) is 6.61 Å². The van der Waals surface area contributed by atoms with Crippen molar-refractivity contribution >= 4 is 18.0 Å². The maximum absolute atomic E-state index is 12.6. The van der Waals surface area contributed by atoms with Crippen LogP contribution < -0.4 is 10.6 Å². The number of carboxylic acids is 1. The van der Waals surface area contributed by atoms with Crippen molar-refractivity contribution in [3.8, 4) is 11.1 Å². The second-order valence-corrected chi connectivity index (χ2v) is 8.85. The molecule has 1 aliphatic rings. The number of rotatable bonds is 9. The summed E-state index contributed by atoms with van der Waals surface area (Å²) >= 11 is 0. The summed E-state index contributed by atoms with van der Waals surface area (Å²) < 4.78 is 10.4. The Kier molecular flexibility index (Phi) is 7.14. The Bertz CT molecular complexity index is 1190. The summed E-state index contributed by atoms with van der Waals surface area (Å²) in [6.45, 7) is 3.77. The summed E-state index contributed by atoms with van der Waals surface area (Å²) in [6.07, 6.45) is 0.738. The first kappa shape index (κ1) is 24.0. The van der Waals surface area contributed by atoms with Crippen molar-refractivity contribution in [3.05, 3.63) is 77.2 Å². The molecule has 9 nitrogen and oxygen atoms in total. The number of hydrogen-bond acceptors (Lipinski definition) is 6. The van der Waals surface area contributed by atoms with Crippen LogP contribution in [0.5, 0.6) is 0 Å². The lowest BCUT2D eigenvalue weighted by Gasteiger charge is -2.16. The average molecular weight is 478 g/mol. The van der Waals surface area contributed by atoms with Crippen molar-refractivity contribution in [2.24, 2.45) is 5.92 Å². The first-order chi connectivity index (χ1) is 16.8. The van der Waals surface area contributed by atoms with Crippen molar-refractivity contribution in [1.29, 1.82) is 0 Å². The minimum atomic E-state index is -1.12. The fraction of sp³-hybridized carbons (Fsp3) is 0.308. The van der Waals surface area contributed by atoms with E-state index in [1.807, 2.05) is 50.2 Å². The molecule has 2 amide bonds. The van der Waals surface area contributed by atoms with Gasteiger partial charge in [0, 0.05) is 5.92 Å². The third-order valence-corrected chi connectivity index (χ3v) is 5.94. The van der Waals surface area contributed by atoms with Crippen LogP contribution in [-0.4, -0.2) is 40.9 Å². The number of amides is 2. The SMILES string of the molecule is CC(C)CC(NC(=O)c1conc1CNC(=O)OCC1c2ccccc2-c2ccccc21)C(=O)O. The number of carbonyl (C=O) groups excluding carboxylic acids is 2. The fourth-order valence-corrected chi connectivity index (χ4v) is 4.31. The van der Waals surface area contributed by atoms with Crippen LogP contribution in [0.25, 0.3) is 11.1 Å². The summed E-state index contributed by atoms with van der Waals surface area (Å²) in [6, 6.07) is 15.0. The molecule has 1 heterocycles. The molecule has 1 atom stereocenters. The zero-order valence-electron chi connectivity index (χ0n) is 19.5. The second-order valence-electron chi connectivity index (χ2n) is 8.85. The smallest absolute Gasteiger partial charge is 0.407 e. The summed E-state index contributed by atoms with van der Waals surface area (Å²) in [5.41, 5.74) is 4.70. The molecule has 0 fully saturated rings. The number of carbonyl (C=O) groups is 3. The second kappa shape index (κ2) is 10.4. The molecular weight excluding hydrogens is 450 g/mol. The molecule has 0 saturated carbocycles. The predicted molar refractivity (Wildman–Crippen MR) is 127 cm³/mol. The molecule has 1 aromatic heterocycles. The molecule has 0 radical (unpaired) electrons. The number of hydrogen-bond donors (Lipinski definition) is 3. The van der Waals surface area contributed by atoms with Crippen LogP contribution in [0.15, 0.2) is 59.3 Å². The highest BCUT2D eigenvalue weighted by Gasteiger charge is 2.29. The maximum atomic E-state index is 12.6. The van der Waals surface area contributed by atoms with Crippen molar-refractivity contribution in [2.45, 2.75) is 38.8 Å². The number of ether oxygens (including phenoxy) is 1. The Morgan fingerprint density at radius 2 is 1.69 bits per heavy atom. The molecule has 35 heavy (non-hydrogen) atoms. The standard InChI is InChI=1S/C26H27N3O6/c1-15(2)11-22(25(31)32)28-24(30)21-14-35-29-23(21)12-27-26(33)34-13-20-18-9-5-3-7-16(18)17-8-4-6-10-19(17)20/h3-10,14-15,20,22H,11-13H2,1-2H3,(H,27,33)(H,28,30)(H,31,32). The third-order valence-electron chi connectivity index (χ3n) is 5.94. The van der Waals surface area contributed by atoms with E-state index in [4.69, 9.17) is 9.26 Å². The number of aliphatic carboxylic acids is 1. The molecule has 182 valence electrons. The summed E-state index contributed by atoms with van der Waals surface area (Å²) in [5.74, 6) is -1.76. The number of fused-ring (bicyclic) bond motifs is 3. The normalized spacial score (nSPS) is 13.1. The Balaban J connectivity index is 1.35. The van der Waals surface area contributed by atoms with Gasteiger partial charge in [-0.2, -0.15) is 0 Å². The molecule has 4 rings (SSSR count). The van der Waals surface area contributed by atoms with Gasteiger partial charge in [-0.05, 0) is 34.6 Å². The van der Waals surface area contributed by atoms with Gasteiger partial charge in [-0.1, -0.05) is 67.5 Å². The van der Waals surface area contributed by atoms with Crippen LogP contribution in [0.2, 0.25) is 0 Å².